The van der Waals surface area contributed by atoms with Crippen molar-refractivity contribution in [2.45, 2.75) is 44.0 Å². The fourth-order valence-electron chi connectivity index (χ4n) is 2.25. The van der Waals surface area contributed by atoms with Gasteiger partial charge in [0.1, 0.15) is 17.5 Å². The molecule has 0 aromatic rings. The third-order valence-electron chi connectivity index (χ3n) is 3.36. The minimum Gasteiger partial charge on any atom is -0.153 e. The van der Waals surface area contributed by atoms with Crippen LogP contribution in [-0.4, -0.2) is 10.9 Å². The summed E-state index contributed by atoms with van der Waals surface area (Å²) >= 11 is 7.17. The standard InChI is InChI=1S/C10H16OPS2/c1-7(2)8-4-5-10(3)9(6-8)11-12(13)14-10/h8-9H,1,4-6H2,2-3H3/q+1/t8-,9+,10+/m0/s1. The van der Waals surface area contributed by atoms with E-state index < -0.39 is 6.13 Å². The molecule has 0 aromatic carbocycles. The molecule has 4 atom stereocenters. The van der Waals surface area contributed by atoms with Crippen molar-refractivity contribution in [2.75, 3.05) is 0 Å². The van der Waals surface area contributed by atoms with Crippen molar-refractivity contribution in [3.8, 4) is 0 Å². The molecule has 1 aliphatic heterocycles. The molecule has 0 amide bonds. The Morgan fingerprint density at radius 2 is 2.43 bits per heavy atom. The first-order valence-corrected chi connectivity index (χ1v) is 8.69. The summed E-state index contributed by atoms with van der Waals surface area (Å²) in [6, 6.07) is 0. The van der Waals surface area contributed by atoms with Crippen LogP contribution in [0.2, 0.25) is 0 Å². The molecule has 1 heterocycles. The Balaban J connectivity index is 2.11. The molecule has 1 nitrogen and oxygen atoms in total. The molecule has 1 aliphatic carbocycles. The van der Waals surface area contributed by atoms with Crippen LogP contribution in [0, 0.1) is 5.92 Å². The first kappa shape index (κ1) is 11.1. The Morgan fingerprint density at radius 3 is 3.07 bits per heavy atom. The molecule has 1 unspecified atom stereocenters. The average Bonchev–Trinajstić information content (AvgIpc) is 2.37. The zero-order valence-electron chi connectivity index (χ0n) is 8.66. The Hall–Kier alpha value is 0.570. The van der Waals surface area contributed by atoms with Crippen LogP contribution >= 0.6 is 17.5 Å². The molecule has 1 saturated carbocycles. The monoisotopic (exact) mass is 247 g/mol. The molecular weight excluding hydrogens is 231 g/mol. The number of allylic oxidation sites excluding steroid dienone is 1. The molecule has 0 aromatic heterocycles. The molecule has 0 spiro atoms. The molecule has 2 fully saturated rings. The van der Waals surface area contributed by atoms with E-state index in [1.807, 2.05) is 11.4 Å². The topological polar surface area (TPSA) is 9.23 Å². The van der Waals surface area contributed by atoms with E-state index in [1.165, 1.54) is 18.4 Å². The minimum absolute atomic E-state index is 0.305. The molecule has 2 rings (SSSR count). The van der Waals surface area contributed by atoms with Crippen LogP contribution in [0.15, 0.2) is 12.2 Å². The van der Waals surface area contributed by atoms with Gasteiger partial charge in [-0.15, -0.1) is 0 Å². The molecule has 2 aliphatic rings. The summed E-state index contributed by atoms with van der Waals surface area (Å²) < 4.78 is 6.16. The largest absolute Gasteiger partial charge is 0.415 e. The molecule has 0 radical (unpaired) electrons. The second-order valence-electron chi connectivity index (χ2n) is 4.54. The van der Waals surface area contributed by atoms with Crippen LogP contribution in [-0.2, 0) is 16.3 Å². The maximum atomic E-state index is 5.85. The van der Waals surface area contributed by atoms with Gasteiger partial charge in [-0.25, -0.2) is 0 Å². The molecule has 4 heteroatoms. The van der Waals surface area contributed by atoms with Crippen LogP contribution in [0.25, 0.3) is 0 Å². The van der Waals surface area contributed by atoms with Crippen molar-refractivity contribution in [1.29, 1.82) is 0 Å². The van der Waals surface area contributed by atoms with E-state index in [0.29, 0.717) is 16.8 Å². The summed E-state index contributed by atoms with van der Waals surface area (Å²) in [5.74, 6) is 0.658. The molecule has 0 bridgehead atoms. The lowest BCUT2D eigenvalue weighted by molar-refractivity contribution is 0.130. The zero-order chi connectivity index (χ0) is 10.3. The number of hydrogen-bond acceptors (Lipinski definition) is 3. The highest BCUT2D eigenvalue weighted by molar-refractivity contribution is 8.63. The highest BCUT2D eigenvalue weighted by atomic mass is 32.9. The van der Waals surface area contributed by atoms with Gasteiger partial charge in [0.2, 0.25) is 11.8 Å². The Morgan fingerprint density at radius 1 is 1.71 bits per heavy atom. The second-order valence-corrected chi connectivity index (χ2v) is 9.54. The average molecular weight is 247 g/mol. The summed E-state index contributed by atoms with van der Waals surface area (Å²) in [4.78, 5) is 0. The van der Waals surface area contributed by atoms with Gasteiger partial charge >= 0.3 is 6.13 Å². The van der Waals surface area contributed by atoms with E-state index in [-0.39, 0.29) is 0 Å². The van der Waals surface area contributed by atoms with Gasteiger partial charge in [0.15, 0.2) is 0 Å². The van der Waals surface area contributed by atoms with Gasteiger partial charge in [0, 0.05) is 0 Å². The van der Waals surface area contributed by atoms with Crippen LogP contribution < -0.4 is 0 Å². The van der Waals surface area contributed by atoms with Gasteiger partial charge in [0.25, 0.3) is 0 Å². The summed E-state index contributed by atoms with van der Waals surface area (Å²) in [5, 5.41) is 0. The van der Waals surface area contributed by atoms with E-state index in [2.05, 4.69) is 20.4 Å². The predicted molar refractivity (Wildman–Crippen MR) is 67.3 cm³/mol. The van der Waals surface area contributed by atoms with Crippen molar-refractivity contribution in [3.05, 3.63) is 12.2 Å². The van der Waals surface area contributed by atoms with Gasteiger partial charge in [-0.1, -0.05) is 12.2 Å². The quantitative estimate of drug-likeness (QED) is 0.511. The zero-order valence-corrected chi connectivity index (χ0v) is 11.2. The van der Waals surface area contributed by atoms with Crippen LogP contribution in [0.1, 0.15) is 33.1 Å². The summed E-state index contributed by atoms with van der Waals surface area (Å²) in [7, 11) is 0. The van der Waals surface area contributed by atoms with Gasteiger partial charge in [-0.3, -0.25) is 0 Å². The second kappa shape index (κ2) is 3.86. The summed E-state index contributed by atoms with van der Waals surface area (Å²) in [5.41, 5.74) is 1.31. The minimum atomic E-state index is -0.632. The smallest absolute Gasteiger partial charge is 0.153 e. The number of hydrogen-bond donors (Lipinski definition) is 0. The fourth-order valence-corrected chi connectivity index (χ4v) is 7.64. The lowest BCUT2D eigenvalue weighted by atomic mass is 9.77. The van der Waals surface area contributed by atoms with Crippen molar-refractivity contribution >= 4 is 29.3 Å². The lowest BCUT2D eigenvalue weighted by Crippen LogP contribution is -2.39. The van der Waals surface area contributed by atoms with E-state index >= 15 is 0 Å². The van der Waals surface area contributed by atoms with Gasteiger partial charge in [0.05, 0.1) is 4.75 Å². The maximum Gasteiger partial charge on any atom is 0.415 e. The normalized spacial score (nSPS) is 44.9. The van der Waals surface area contributed by atoms with Crippen molar-refractivity contribution < 1.29 is 4.52 Å². The van der Waals surface area contributed by atoms with Crippen molar-refractivity contribution in [1.82, 2.24) is 0 Å². The number of fused-ring (bicyclic) bond motifs is 1. The third-order valence-corrected chi connectivity index (χ3v) is 7.71. The van der Waals surface area contributed by atoms with Gasteiger partial charge in [-0.05, 0) is 39.0 Å². The molecular formula is C10H16OPS2+. The first-order chi connectivity index (χ1) is 6.51. The molecule has 78 valence electrons. The van der Waals surface area contributed by atoms with E-state index in [1.54, 1.807) is 0 Å². The third kappa shape index (κ3) is 1.92. The fraction of sp³-hybridized carbons (Fsp3) is 0.800. The SMILES string of the molecule is C=C(C)[C@H]1CC[C@@]2(C)S[P+](=S)O[C@@H]2C1. The van der Waals surface area contributed by atoms with E-state index in [4.69, 9.17) is 16.3 Å². The molecule has 1 saturated heterocycles. The van der Waals surface area contributed by atoms with E-state index in [9.17, 15) is 0 Å². The Bertz CT molecular complexity index is 292. The Kier molecular flexibility index (Phi) is 3.05. The van der Waals surface area contributed by atoms with E-state index in [0.717, 1.165) is 6.42 Å². The first-order valence-electron chi connectivity index (χ1n) is 5.00. The number of rotatable bonds is 1. The predicted octanol–water partition coefficient (Wildman–Crippen LogP) is 4.03. The maximum absolute atomic E-state index is 5.85. The summed E-state index contributed by atoms with van der Waals surface area (Å²) in [6.45, 7) is 8.49. The van der Waals surface area contributed by atoms with Gasteiger partial charge < -0.3 is 0 Å². The van der Waals surface area contributed by atoms with Crippen LogP contribution in [0.5, 0.6) is 0 Å². The molecule has 14 heavy (non-hydrogen) atoms. The highest BCUT2D eigenvalue weighted by Crippen LogP contribution is 2.63. The molecule has 0 N–H and O–H groups in total. The van der Waals surface area contributed by atoms with Crippen LogP contribution in [0.3, 0.4) is 0 Å². The van der Waals surface area contributed by atoms with Crippen molar-refractivity contribution in [3.63, 3.8) is 0 Å². The van der Waals surface area contributed by atoms with Crippen LogP contribution in [0.4, 0.5) is 0 Å². The van der Waals surface area contributed by atoms with Gasteiger partial charge in [-0.2, -0.15) is 4.52 Å². The highest BCUT2D eigenvalue weighted by Gasteiger charge is 2.55. The summed E-state index contributed by atoms with van der Waals surface area (Å²) in [6.07, 6.45) is 3.38. The lowest BCUT2D eigenvalue weighted by Gasteiger charge is -2.34. The van der Waals surface area contributed by atoms with Crippen molar-refractivity contribution in [2.24, 2.45) is 5.92 Å². The Labute approximate surface area is 95.9 Å².